The van der Waals surface area contributed by atoms with Gasteiger partial charge >= 0.3 is 0 Å². The fraction of sp³-hybridized carbons (Fsp3) is 0.370. The van der Waals surface area contributed by atoms with Gasteiger partial charge in [-0.1, -0.05) is 30.3 Å². The first-order chi connectivity index (χ1) is 16.6. The molecule has 0 saturated carbocycles. The summed E-state index contributed by atoms with van der Waals surface area (Å²) in [5.41, 5.74) is 3.47. The van der Waals surface area contributed by atoms with Crippen LogP contribution in [0.1, 0.15) is 40.9 Å². The van der Waals surface area contributed by atoms with Crippen molar-refractivity contribution in [1.29, 1.82) is 0 Å². The van der Waals surface area contributed by atoms with Crippen LogP contribution in [-0.4, -0.2) is 53.5 Å². The number of carbonyl (C=O) groups is 2. The molecule has 1 aromatic heterocycles. The Hall–Kier alpha value is -3.45. The summed E-state index contributed by atoms with van der Waals surface area (Å²) in [6.07, 6.45) is 2.26. The quantitative estimate of drug-likeness (QED) is 0.616. The molecule has 1 fully saturated rings. The highest BCUT2D eigenvalue weighted by Crippen LogP contribution is 2.29. The molecule has 0 unspecified atom stereocenters. The minimum Gasteiger partial charge on any atom is -0.491 e. The van der Waals surface area contributed by atoms with Crippen molar-refractivity contribution in [3.05, 3.63) is 71.4 Å². The summed E-state index contributed by atoms with van der Waals surface area (Å²) in [6.45, 7) is 3.89. The van der Waals surface area contributed by atoms with Crippen molar-refractivity contribution in [3.63, 3.8) is 0 Å². The molecule has 0 radical (unpaired) electrons. The van der Waals surface area contributed by atoms with Crippen LogP contribution in [0, 0.1) is 6.92 Å². The van der Waals surface area contributed by atoms with Crippen molar-refractivity contribution in [3.8, 4) is 5.75 Å². The predicted octanol–water partition coefficient (Wildman–Crippen LogP) is 3.20. The Morgan fingerprint density at radius 3 is 2.79 bits per heavy atom. The standard InChI is InChI=1S/C27H30N4O3/c1-18-6-7-20-14-25(18)34-13-12-28-26(32)15-22-10-11-23(16-29-27(20)33)31(22)17-21-9-8-19-4-2-3-5-24(19)30-21/h2-9,14,22-23H,10-13,15-17H2,1H3,(H,28,32)(H,29,33)/t22-,23+/m0/s1. The number of hydrogen-bond donors (Lipinski definition) is 2. The first-order valence-corrected chi connectivity index (χ1v) is 12.0. The van der Waals surface area contributed by atoms with Gasteiger partial charge in [0.25, 0.3) is 5.91 Å². The van der Waals surface area contributed by atoms with Gasteiger partial charge < -0.3 is 15.4 Å². The number of amides is 2. The van der Waals surface area contributed by atoms with Crippen LogP contribution in [0.4, 0.5) is 0 Å². The van der Waals surface area contributed by atoms with Crippen molar-refractivity contribution in [2.75, 3.05) is 19.7 Å². The zero-order valence-electron chi connectivity index (χ0n) is 19.4. The number of nitrogens with one attached hydrogen (secondary N) is 2. The highest BCUT2D eigenvalue weighted by Gasteiger charge is 2.35. The van der Waals surface area contributed by atoms with E-state index < -0.39 is 0 Å². The molecular weight excluding hydrogens is 428 g/mol. The van der Waals surface area contributed by atoms with Gasteiger partial charge in [0, 0.05) is 42.5 Å². The van der Waals surface area contributed by atoms with Crippen molar-refractivity contribution >= 4 is 22.7 Å². The molecule has 3 aromatic rings. The van der Waals surface area contributed by atoms with E-state index >= 15 is 0 Å². The first-order valence-electron chi connectivity index (χ1n) is 12.0. The van der Waals surface area contributed by atoms with Crippen molar-refractivity contribution in [2.24, 2.45) is 0 Å². The lowest BCUT2D eigenvalue weighted by Crippen LogP contribution is -2.44. The number of aryl methyl sites for hydroxylation is 1. The van der Waals surface area contributed by atoms with Gasteiger partial charge in [0.15, 0.2) is 0 Å². The number of benzene rings is 2. The van der Waals surface area contributed by atoms with E-state index in [1.807, 2.05) is 37.3 Å². The molecule has 5 rings (SSSR count). The molecule has 176 valence electrons. The number of fused-ring (bicyclic) bond motifs is 5. The van der Waals surface area contributed by atoms with Gasteiger partial charge in [-0.15, -0.1) is 0 Å². The molecule has 1 saturated heterocycles. The van der Waals surface area contributed by atoms with Gasteiger partial charge in [-0.25, -0.2) is 0 Å². The number of hydrogen-bond acceptors (Lipinski definition) is 5. The van der Waals surface area contributed by atoms with Gasteiger partial charge in [0.1, 0.15) is 12.4 Å². The second-order valence-corrected chi connectivity index (χ2v) is 9.15. The third-order valence-electron chi connectivity index (χ3n) is 6.82. The van der Waals surface area contributed by atoms with Crippen LogP contribution in [0.15, 0.2) is 54.6 Å². The fourth-order valence-corrected chi connectivity index (χ4v) is 4.94. The van der Waals surface area contributed by atoms with Crippen LogP contribution in [0.25, 0.3) is 10.9 Å². The third kappa shape index (κ3) is 4.89. The van der Waals surface area contributed by atoms with Gasteiger partial charge in [0.05, 0.1) is 17.8 Å². The molecule has 4 bridgehead atoms. The van der Waals surface area contributed by atoms with E-state index in [-0.39, 0.29) is 23.9 Å². The van der Waals surface area contributed by atoms with E-state index in [0.717, 1.165) is 35.0 Å². The Morgan fingerprint density at radius 2 is 1.88 bits per heavy atom. The van der Waals surface area contributed by atoms with Crippen molar-refractivity contribution < 1.29 is 14.3 Å². The minimum atomic E-state index is -0.110. The number of carbonyl (C=O) groups excluding carboxylic acids is 2. The van der Waals surface area contributed by atoms with Gasteiger partial charge in [-0.05, 0) is 49.6 Å². The van der Waals surface area contributed by atoms with E-state index in [0.29, 0.717) is 44.0 Å². The maximum Gasteiger partial charge on any atom is 0.251 e. The van der Waals surface area contributed by atoms with Crippen molar-refractivity contribution in [1.82, 2.24) is 20.5 Å². The summed E-state index contributed by atoms with van der Waals surface area (Å²) in [5, 5.41) is 7.21. The summed E-state index contributed by atoms with van der Waals surface area (Å²) in [7, 11) is 0. The number of ether oxygens (including phenoxy) is 1. The first kappa shape index (κ1) is 22.3. The number of rotatable bonds is 2. The maximum atomic E-state index is 12.9. The van der Waals surface area contributed by atoms with Crippen molar-refractivity contribution in [2.45, 2.75) is 44.8 Å². The second-order valence-electron chi connectivity index (χ2n) is 9.15. The Bertz CT molecular complexity index is 1210. The largest absolute Gasteiger partial charge is 0.491 e. The lowest BCUT2D eigenvalue weighted by molar-refractivity contribution is -0.122. The molecule has 2 aliphatic heterocycles. The van der Waals surface area contributed by atoms with Crippen LogP contribution < -0.4 is 15.4 Å². The fourth-order valence-electron chi connectivity index (χ4n) is 4.94. The Labute approximate surface area is 199 Å². The summed E-state index contributed by atoms with van der Waals surface area (Å²) in [5.74, 6) is 0.582. The predicted molar refractivity (Wildman–Crippen MR) is 131 cm³/mol. The van der Waals surface area contributed by atoms with E-state index in [1.54, 1.807) is 6.07 Å². The van der Waals surface area contributed by atoms with E-state index in [4.69, 9.17) is 9.72 Å². The highest BCUT2D eigenvalue weighted by atomic mass is 16.5. The van der Waals surface area contributed by atoms with Gasteiger partial charge in [-0.3, -0.25) is 19.5 Å². The molecule has 34 heavy (non-hydrogen) atoms. The topological polar surface area (TPSA) is 83.6 Å². The zero-order valence-corrected chi connectivity index (χ0v) is 19.4. The normalized spacial score (nSPS) is 21.8. The average Bonchev–Trinajstić information content (AvgIpc) is 3.21. The third-order valence-corrected chi connectivity index (χ3v) is 6.82. The van der Waals surface area contributed by atoms with E-state index in [2.05, 4.69) is 33.7 Å². The van der Waals surface area contributed by atoms with Crippen LogP contribution in [0.3, 0.4) is 0 Å². The molecule has 2 N–H and O–H groups in total. The minimum absolute atomic E-state index is 0.0232. The molecule has 2 aliphatic rings. The Morgan fingerprint density at radius 1 is 1.03 bits per heavy atom. The number of nitrogens with zero attached hydrogens (tertiary/aromatic N) is 2. The highest BCUT2D eigenvalue weighted by molar-refractivity contribution is 5.94. The summed E-state index contributed by atoms with van der Waals surface area (Å²) < 4.78 is 5.83. The van der Waals surface area contributed by atoms with E-state index in [1.165, 1.54) is 0 Å². The lowest BCUT2D eigenvalue weighted by Gasteiger charge is -2.30. The molecule has 7 heteroatoms. The van der Waals surface area contributed by atoms with Crippen LogP contribution in [-0.2, 0) is 11.3 Å². The summed E-state index contributed by atoms with van der Waals surface area (Å²) >= 11 is 0. The molecule has 7 nitrogen and oxygen atoms in total. The average molecular weight is 459 g/mol. The molecule has 2 aromatic carbocycles. The number of aromatic nitrogens is 1. The molecular formula is C27H30N4O3. The number of pyridine rings is 1. The molecule has 3 heterocycles. The smallest absolute Gasteiger partial charge is 0.251 e. The summed E-state index contributed by atoms with van der Waals surface area (Å²) in [6, 6.07) is 18.0. The van der Waals surface area contributed by atoms with Crippen LogP contribution >= 0.6 is 0 Å². The van der Waals surface area contributed by atoms with Crippen LogP contribution in [0.2, 0.25) is 0 Å². The monoisotopic (exact) mass is 458 g/mol. The molecule has 2 atom stereocenters. The molecule has 0 spiro atoms. The Kier molecular flexibility index (Phi) is 6.45. The number of para-hydroxylation sites is 1. The van der Waals surface area contributed by atoms with Gasteiger partial charge in [0.2, 0.25) is 5.91 Å². The Balaban J connectivity index is 1.39. The van der Waals surface area contributed by atoms with Crippen LogP contribution in [0.5, 0.6) is 5.75 Å². The van der Waals surface area contributed by atoms with E-state index in [9.17, 15) is 9.59 Å². The van der Waals surface area contributed by atoms with Gasteiger partial charge in [-0.2, -0.15) is 0 Å². The maximum absolute atomic E-state index is 12.9. The lowest BCUT2D eigenvalue weighted by atomic mass is 10.1. The molecule has 2 amide bonds. The zero-order chi connectivity index (χ0) is 23.5. The SMILES string of the molecule is Cc1ccc2cc1OCCNC(=O)C[C@@H]1CC[C@H](CNC2=O)N1Cc1ccc2ccccc2n1. The summed E-state index contributed by atoms with van der Waals surface area (Å²) in [4.78, 5) is 32.8. The second kappa shape index (κ2) is 9.81. The molecule has 0 aliphatic carbocycles.